The van der Waals surface area contributed by atoms with Gasteiger partial charge in [0.25, 0.3) is 0 Å². The third kappa shape index (κ3) is 1.21. The van der Waals surface area contributed by atoms with Crippen molar-refractivity contribution in [2.45, 2.75) is 19.4 Å². The molecular weight excluding hydrogens is 216 g/mol. The first-order chi connectivity index (χ1) is 5.68. The van der Waals surface area contributed by atoms with Crippen LogP contribution in [0.3, 0.4) is 0 Å². The minimum Gasteiger partial charge on any atom is -0.355 e. The highest BCUT2D eigenvalue weighted by atomic mass is 79.9. The van der Waals surface area contributed by atoms with Gasteiger partial charge in [-0.3, -0.25) is 0 Å². The average molecular weight is 229 g/mol. The molecule has 1 aromatic heterocycles. The van der Waals surface area contributed by atoms with Crippen molar-refractivity contribution in [1.29, 1.82) is 0 Å². The molecule has 0 fully saturated rings. The molecular formula is C9H13BrN2. The molecule has 12 heavy (non-hydrogen) atoms. The van der Waals surface area contributed by atoms with E-state index in [1.807, 2.05) is 0 Å². The molecule has 1 N–H and O–H groups in total. The van der Waals surface area contributed by atoms with E-state index in [1.165, 1.54) is 11.1 Å². The Labute approximate surface area is 81.1 Å². The fourth-order valence-corrected chi connectivity index (χ4v) is 2.41. The molecule has 0 saturated heterocycles. The van der Waals surface area contributed by atoms with Crippen LogP contribution < -0.4 is 0 Å². The summed E-state index contributed by atoms with van der Waals surface area (Å²) in [4.78, 5) is 5.57. The van der Waals surface area contributed by atoms with Crippen LogP contribution in [0.15, 0.2) is 10.8 Å². The third-order valence-electron chi connectivity index (χ3n) is 2.51. The Bertz CT molecular complexity index is 293. The van der Waals surface area contributed by atoms with Crippen LogP contribution in [0.4, 0.5) is 0 Å². The second kappa shape index (κ2) is 2.89. The van der Waals surface area contributed by atoms with E-state index in [0.29, 0.717) is 5.92 Å². The summed E-state index contributed by atoms with van der Waals surface area (Å²) < 4.78 is 1.15. The molecule has 0 spiro atoms. The number of nitrogens with one attached hydrogen (secondary N) is 1. The van der Waals surface area contributed by atoms with Gasteiger partial charge in [0.1, 0.15) is 0 Å². The summed E-state index contributed by atoms with van der Waals surface area (Å²) in [5.41, 5.74) is 2.90. The van der Waals surface area contributed by atoms with Crippen molar-refractivity contribution in [3.05, 3.63) is 21.9 Å². The van der Waals surface area contributed by atoms with Crippen LogP contribution >= 0.6 is 15.9 Å². The maximum atomic E-state index is 3.52. The molecule has 2 rings (SSSR count). The fourth-order valence-electron chi connectivity index (χ4n) is 1.94. The average Bonchev–Trinajstić information content (AvgIpc) is 2.33. The summed E-state index contributed by atoms with van der Waals surface area (Å²) in [5.74, 6) is 0.654. The molecule has 3 heteroatoms. The van der Waals surface area contributed by atoms with Crippen molar-refractivity contribution in [2.75, 3.05) is 13.6 Å². The lowest BCUT2D eigenvalue weighted by molar-refractivity contribution is 0.288. The molecule has 0 radical (unpaired) electrons. The van der Waals surface area contributed by atoms with E-state index >= 15 is 0 Å². The van der Waals surface area contributed by atoms with Gasteiger partial charge in [0.15, 0.2) is 0 Å². The number of H-pyrrole nitrogens is 1. The number of halogens is 1. The second-order valence-corrected chi connectivity index (χ2v) is 4.43. The number of hydrogen-bond donors (Lipinski definition) is 1. The van der Waals surface area contributed by atoms with E-state index in [4.69, 9.17) is 0 Å². The lowest BCUT2D eigenvalue weighted by Crippen LogP contribution is -2.28. The Morgan fingerprint density at radius 2 is 2.42 bits per heavy atom. The van der Waals surface area contributed by atoms with Gasteiger partial charge in [-0.1, -0.05) is 6.92 Å². The molecule has 0 saturated carbocycles. The minimum absolute atomic E-state index is 0.654. The zero-order chi connectivity index (χ0) is 8.72. The van der Waals surface area contributed by atoms with E-state index in [-0.39, 0.29) is 0 Å². The summed E-state index contributed by atoms with van der Waals surface area (Å²) in [6, 6.07) is 0. The monoisotopic (exact) mass is 228 g/mol. The maximum absolute atomic E-state index is 3.52. The van der Waals surface area contributed by atoms with Crippen molar-refractivity contribution >= 4 is 15.9 Å². The lowest BCUT2D eigenvalue weighted by Gasteiger charge is -2.27. The molecule has 0 aliphatic carbocycles. The van der Waals surface area contributed by atoms with Crippen LogP contribution in [0.25, 0.3) is 0 Å². The third-order valence-corrected chi connectivity index (χ3v) is 3.22. The Balaban J connectivity index is 2.43. The van der Waals surface area contributed by atoms with Crippen molar-refractivity contribution in [3.63, 3.8) is 0 Å². The van der Waals surface area contributed by atoms with Gasteiger partial charge in [-0.15, -0.1) is 0 Å². The second-order valence-electron chi connectivity index (χ2n) is 3.63. The molecule has 0 amide bonds. The van der Waals surface area contributed by atoms with Gasteiger partial charge in [0.05, 0.1) is 4.60 Å². The largest absolute Gasteiger partial charge is 0.355 e. The zero-order valence-electron chi connectivity index (χ0n) is 7.39. The highest BCUT2D eigenvalue weighted by Crippen LogP contribution is 2.31. The van der Waals surface area contributed by atoms with Crippen LogP contribution in [0.2, 0.25) is 0 Å². The van der Waals surface area contributed by atoms with Crippen LogP contribution in [0.5, 0.6) is 0 Å². The molecule has 1 aromatic rings. The number of rotatable bonds is 0. The van der Waals surface area contributed by atoms with Gasteiger partial charge in [-0.2, -0.15) is 0 Å². The quantitative estimate of drug-likeness (QED) is 0.723. The van der Waals surface area contributed by atoms with Crippen molar-refractivity contribution in [3.8, 4) is 0 Å². The number of hydrogen-bond acceptors (Lipinski definition) is 1. The van der Waals surface area contributed by atoms with Crippen molar-refractivity contribution in [2.24, 2.45) is 0 Å². The summed E-state index contributed by atoms with van der Waals surface area (Å²) in [7, 11) is 2.17. The summed E-state index contributed by atoms with van der Waals surface area (Å²) >= 11 is 3.52. The molecule has 0 bridgehead atoms. The Hall–Kier alpha value is -0.280. The molecule has 2 heterocycles. The SMILES string of the molecule is CC1CN(C)Cc2c1c[nH]c2Br. The molecule has 1 unspecified atom stereocenters. The van der Waals surface area contributed by atoms with Gasteiger partial charge in [0, 0.05) is 24.8 Å². The zero-order valence-corrected chi connectivity index (χ0v) is 8.98. The molecule has 0 aromatic carbocycles. The molecule has 1 atom stereocenters. The van der Waals surface area contributed by atoms with Gasteiger partial charge in [-0.25, -0.2) is 0 Å². The van der Waals surface area contributed by atoms with E-state index < -0.39 is 0 Å². The first-order valence-electron chi connectivity index (χ1n) is 4.22. The van der Waals surface area contributed by atoms with E-state index in [0.717, 1.165) is 17.7 Å². The molecule has 1 aliphatic heterocycles. The predicted molar refractivity (Wildman–Crippen MR) is 53.2 cm³/mol. The van der Waals surface area contributed by atoms with E-state index in [1.54, 1.807) is 0 Å². The number of nitrogens with zero attached hydrogens (tertiary/aromatic N) is 1. The normalized spacial score (nSPS) is 24.1. The highest BCUT2D eigenvalue weighted by Gasteiger charge is 2.22. The van der Waals surface area contributed by atoms with E-state index in [2.05, 4.69) is 46.0 Å². The van der Waals surface area contributed by atoms with Gasteiger partial charge >= 0.3 is 0 Å². The van der Waals surface area contributed by atoms with Crippen LogP contribution in [-0.4, -0.2) is 23.5 Å². The summed E-state index contributed by atoms with van der Waals surface area (Å²) in [6.07, 6.45) is 2.12. The summed E-state index contributed by atoms with van der Waals surface area (Å²) in [5, 5.41) is 0. The van der Waals surface area contributed by atoms with Gasteiger partial charge in [-0.05, 0) is 34.5 Å². The minimum atomic E-state index is 0.654. The van der Waals surface area contributed by atoms with E-state index in [9.17, 15) is 0 Å². The lowest BCUT2D eigenvalue weighted by atomic mass is 9.96. The highest BCUT2D eigenvalue weighted by molar-refractivity contribution is 9.10. The Morgan fingerprint density at radius 3 is 3.17 bits per heavy atom. The first-order valence-corrected chi connectivity index (χ1v) is 5.02. The Morgan fingerprint density at radius 1 is 1.67 bits per heavy atom. The number of aromatic nitrogens is 1. The molecule has 1 aliphatic rings. The fraction of sp³-hybridized carbons (Fsp3) is 0.556. The summed E-state index contributed by atoms with van der Waals surface area (Å²) in [6.45, 7) is 4.50. The number of likely N-dealkylation sites (N-methyl/N-ethyl adjacent to an activating group) is 1. The standard InChI is InChI=1S/C9H13BrN2/c1-6-4-12(2)5-8-7(6)3-11-9(8)10/h3,6,11H,4-5H2,1-2H3. The number of fused-ring (bicyclic) bond motifs is 1. The van der Waals surface area contributed by atoms with Crippen LogP contribution in [-0.2, 0) is 6.54 Å². The molecule has 66 valence electrons. The smallest absolute Gasteiger partial charge is 0.0868 e. The molecule has 2 nitrogen and oxygen atoms in total. The van der Waals surface area contributed by atoms with Crippen LogP contribution in [0, 0.1) is 0 Å². The predicted octanol–water partition coefficient (Wildman–Crippen LogP) is 2.33. The maximum Gasteiger partial charge on any atom is 0.0868 e. The first kappa shape index (κ1) is 8.32. The van der Waals surface area contributed by atoms with Gasteiger partial charge < -0.3 is 9.88 Å². The topological polar surface area (TPSA) is 19.0 Å². The van der Waals surface area contributed by atoms with Crippen LogP contribution in [0.1, 0.15) is 24.0 Å². The Kier molecular flexibility index (Phi) is 2.00. The van der Waals surface area contributed by atoms with Gasteiger partial charge in [0.2, 0.25) is 0 Å². The van der Waals surface area contributed by atoms with Crippen molar-refractivity contribution in [1.82, 2.24) is 9.88 Å². The number of aromatic amines is 1. The van der Waals surface area contributed by atoms with Crippen molar-refractivity contribution < 1.29 is 0 Å².